The van der Waals surface area contributed by atoms with Crippen molar-refractivity contribution >= 4 is 5.69 Å². The summed E-state index contributed by atoms with van der Waals surface area (Å²) in [6.07, 6.45) is 0. The van der Waals surface area contributed by atoms with E-state index in [1.807, 2.05) is 18.2 Å². The van der Waals surface area contributed by atoms with Crippen LogP contribution >= 0.6 is 0 Å². The Morgan fingerprint density at radius 1 is 1.21 bits per heavy atom. The van der Waals surface area contributed by atoms with E-state index in [1.165, 1.54) is 5.56 Å². The van der Waals surface area contributed by atoms with E-state index in [9.17, 15) is 0 Å². The Labute approximate surface area is 87.7 Å². The maximum atomic E-state index is 5.70. The first-order chi connectivity index (χ1) is 6.26. The van der Waals surface area contributed by atoms with E-state index in [0.717, 1.165) is 25.3 Å². The molecule has 0 heterocycles. The average molecular weight is 194 g/mol. The van der Waals surface area contributed by atoms with Crippen LogP contribution in [0.3, 0.4) is 0 Å². The second-order valence-corrected chi connectivity index (χ2v) is 3.21. The molecule has 0 aromatic heterocycles. The Hall–Kier alpha value is -1.02. The fraction of sp³-hybridized carbons (Fsp3) is 0.500. The molecule has 1 aromatic carbocycles. The summed E-state index contributed by atoms with van der Waals surface area (Å²) in [4.78, 5) is 2.37. The van der Waals surface area contributed by atoms with E-state index in [1.54, 1.807) is 0 Å². The molecule has 0 spiro atoms. The summed E-state index contributed by atoms with van der Waals surface area (Å²) in [5.41, 5.74) is 7.85. The molecule has 2 heteroatoms. The van der Waals surface area contributed by atoms with Gasteiger partial charge < -0.3 is 5.73 Å². The lowest BCUT2D eigenvalue weighted by Crippen LogP contribution is -2.22. The van der Waals surface area contributed by atoms with E-state index in [4.69, 9.17) is 5.73 Å². The topological polar surface area (TPSA) is 29.3 Å². The van der Waals surface area contributed by atoms with Crippen molar-refractivity contribution in [2.45, 2.75) is 27.8 Å². The minimum atomic E-state index is 0. The highest BCUT2D eigenvalue weighted by Crippen LogP contribution is 2.08. The molecule has 0 aliphatic rings. The second kappa shape index (κ2) is 6.44. The van der Waals surface area contributed by atoms with Gasteiger partial charge in [-0.3, -0.25) is 4.90 Å². The number of nitrogen functional groups attached to an aromatic ring is 1. The lowest BCUT2D eigenvalue weighted by molar-refractivity contribution is 0.296. The molecule has 1 aromatic rings. The second-order valence-electron chi connectivity index (χ2n) is 3.21. The van der Waals surface area contributed by atoms with E-state index in [2.05, 4.69) is 24.8 Å². The Kier molecular flexibility index (Phi) is 5.97. The van der Waals surface area contributed by atoms with Gasteiger partial charge in [-0.05, 0) is 30.8 Å². The van der Waals surface area contributed by atoms with Crippen LogP contribution in [-0.2, 0) is 6.54 Å². The van der Waals surface area contributed by atoms with E-state index >= 15 is 0 Å². The number of benzene rings is 1. The summed E-state index contributed by atoms with van der Waals surface area (Å²) in [5, 5.41) is 0. The maximum absolute atomic E-state index is 5.70. The Morgan fingerprint density at radius 3 is 2.36 bits per heavy atom. The lowest BCUT2D eigenvalue weighted by atomic mass is 10.2. The highest BCUT2D eigenvalue weighted by Gasteiger charge is 2.00. The molecule has 1 rings (SSSR count). The first-order valence-electron chi connectivity index (χ1n) is 4.83. The smallest absolute Gasteiger partial charge is 0.0317 e. The zero-order valence-electron chi connectivity index (χ0n) is 8.46. The molecular formula is C12H22N2. The lowest BCUT2D eigenvalue weighted by Gasteiger charge is -2.17. The number of nitrogens with two attached hydrogens (primary N) is 1. The summed E-state index contributed by atoms with van der Waals surface area (Å²) in [5.74, 6) is 0. The molecule has 0 unspecified atom stereocenters. The Bertz CT molecular complexity index is 254. The van der Waals surface area contributed by atoms with Gasteiger partial charge in [0.25, 0.3) is 0 Å². The van der Waals surface area contributed by atoms with Crippen LogP contribution in [-0.4, -0.2) is 18.0 Å². The van der Waals surface area contributed by atoms with Gasteiger partial charge in [0.2, 0.25) is 0 Å². The van der Waals surface area contributed by atoms with Gasteiger partial charge in [-0.15, -0.1) is 0 Å². The first kappa shape index (κ1) is 13.0. The normalized spacial score (nSPS) is 9.93. The van der Waals surface area contributed by atoms with Crippen molar-refractivity contribution in [3.63, 3.8) is 0 Å². The molecular weight excluding hydrogens is 172 g/mol. The number of hydrogen-bond donors (Lipinski definition) is 1. The molecule has 0 bridgehead atoms. The van der Waals surface area contributed by atoms with Crippen molar-refractivity contribution in [3.8, 4) is 0 Å². The summed E-state index contributed by atoms with van der Waals surface area (Å²) in [6.45, 7) is 7.53. The number of rotatable bonds is 4. The summed E-state index contributed by atoms with van der Waals surface area (Å²) in [6, 6.07) is 8.09. The van der Waals surface area contributed by atoms with Crippen molar-refractivity contribution < 1.29 is 0 Å². The predicted octanol–water partition coefficient (Wildman–Crippen LogP) is 2.75. The molecule has 0 radical (unpaired) electrons. The van der Waals surface area contributed by atoms with Gasteiger partial charge in [0.15, 0.2) is 0 Å². The van der Waals surface area contributed by atoms with Gasteiger partial charge in [0.05, 0.1) is 0 Å². The molecule has 0 aliphatic carbocycles. The van der Waals surface area contributed by atoms with Crippen LogP contribution in [0.25, 0.3) is 0 Å². The molecule has 0 amide bonds. The third-order valence-electron chi connectivity index (χ3n) is 2.25. The van der Waals surface area contributed by atoms with Gasteiger partial charge in [0.1, 0.15) is 0 Å². The van der Waals surface area contributed by atoms with Gasteiger partial charge in [0, 0.05) is 12.2 Å². The third-order valence-corrected chi connectivity index (χ3v) is 2.25. The number of anilines is 1. The average Bonchev–Trinajstić information content (AvgIpc) is 2.14. The van der Waals surface area contributed by atoms with Crippen LogP contribution in [0.15, 0.2) is 24.3 Å². The van der Waals surface area contributed by atoms with Crippen molar-refractivity contribution in [1.82, 2.24) is 4.90 Å². The monoisotopic (exact) mass is 194 g/mol. The largest absolute Gasteiger partial charge is 0.399 e. The van der Waals surface area contributed by atoms with Crippen molar-refractivity contribution in [2.75, 3.05) is 18.8 Å². The van der Waals surface area contributed by atoms with Crippen LogP contribution in [0, 0.1) is 0 Å². The highest BCUT2D eigenvalue weighted by atomic mass is 15.1. The van der Waals surface area contributed by atoms with E-state index in [0.29, 0.717) is 0 Å². The zero-order chi connectivity index (χ0) is 9.68. The van der Waals surface area contributed by atoms with Gasteiger partial charge in [-0.25, -0.2) is 0 Å². The molecule has 0 saturated carbocycles. The molecule has 14 heavy (non-hydrogen) atoms. The van der Waals surface area contributed by atoms with Crippen LogP contribution in [0.4, 0.5) is 5.69 Å². The van der Waals surface area contributed by atoms with E-state index < -0.39 is 0 Å². The SMILES string of the molecule is C.CCN(CC)Cc1cccc(N)c1. The Balaban J connectivity index is 0.00000169. The van der Waals surface area contributed by atoms with Crippen molar-refractivity contribution in [2.24, 2.45) is 0 Å². The van der Waals surface area contributed by atoms with Crippen LogP contribution < -0.4 is 5.73 Å². The molecule has 2 nitrogen and oxygen atoms in total. The fourth-order valence-electron chi connectivity index (χ4n) is 1.40. The minimum Gasteiger partial charge on any atom is -0.399 e. The van der Waals surface area contributed by atoms with E-state index in [-0.39, 0.29) is 7.43 Å². The number of hydrogen-bond acceptors (Lipinski definition) is 2. The third kappa shape index (κ3) is 3.79. The highest BCUT2D eigenvalue weighted by molar-refractivity contribution is 5.40. The molecule has 0 fully saturated rings. The van der Waals surface area contributed by atoms with Gasteiger partial charge >= 0.3 is 0 Å². The summed E-state index contributed by atoms with van der Waals surface area (Å²) >= 11 is 0. The fourth-order valence-corrected chi connectivity index (χ4v) is 1.40. The minimum absolute atomic E-state index is 0. The molecule has 0 atom stereocenters. The van der Waals surface area contributed by atoms with Crippen LogP contribution in [0.2, 0.25) is 0 Å². The van der Waals surface area contributed by atoms with Gasteiger partial charge in [-0.1, -0.05) is 33.4 Å². The van der Waals surface area contributed by atoms with Crippen molar-refractivity contribution in [1.29, 1.82) is 0 Å². The predicted molar refractivity (Wildman–Crippen MR) is 64.2 cm³/mol. The number of nitrogens with zero attached hydrogens (tertiary/aromatic N) is 1. The molecule has 2 N–H and O–H groups in total. The molecule has 0 aliphatic heterocycles. The standard InChI is InChI=1S/C11H18N2.CH4/c1-3-13(4-2)9-10-6-5-7-11(12)8-10;/h5-8H,3-4,9,12H2,1-2H3;1H4. The zero-order valence-corrected chi connectivity index (χ0v) is 8.46. The van der Waals surface area contributed by atoms with Crippen LogP contribution in [0.1, 0.15) is 26.8 Å². The molecule has 0 saturated heterocycles. The maximum Gasteiger partial charge on any atom is 0.0317 e. The van der Waals surface area contributed by atoms with Crippen LogP contribution in [0.5, 0.6) is 0 Å². The summed E-state index contributed by atoms with van der Waals surface area (Å²) < 4.78 is 0. The Morgan fingerprint density at radius 2 is 1.86 bits per heavy atom. The summed E-state index contributed by atoms with van der Waals surface area (Å²) in [7, 11) is 0. The van der Waals surface area contributed by atoms with Crippen molar-refractivity contribution in [3.05, 3.63) is 29.8 Å². The van der Waals surface area contributed by atoms with Gasteiger partial charge in [-0.2, -0.15) is 0 Å². The first-order valence-corrected chi connectivity index (χ1v) is 4.83. The quantitative estimate of drug-likeness (QED) is 0.747. The molecule has 80 valence electrons.